The van der Waals surface area contributed by atoms with Crippen molar-refractivity contribution in [1.29, 1.82) is 0 Å². The molecule has 21 heavy (non-hydrogen) atoms. The Morgan fingerprint density at radius 2 is 2.05 bits per heavy atom. The average molecular weight is 301 g/mol. The average Bonchev–Trinajstić information content (AvgIpc) is 2.90. The molecule has 0 spiro atoms. The first-order valence-electron chi connectivity index (χ1n) is 6.45. The maximum Gasteiger partial charge on any atom is 0.253 e. The van der Waals surface area contributed by atoms with Gasteiger partial charge in [-0.05, 0) is 41.4 Å². The van der Waals surface area contributed by atoms with Gasteiger partial charge in [-0.2, -0.15) is 0 Å². The van der Waals surface area contributed by atoms with Gasteiger partial charge in [-0.1, -0.05) is 12.1 Å². The van der Waals surface area contributed by atoms with Crippen molar-refractivity contribution < 1.29 is 9.53 Å². The summed E-state index contributed by atoms with van der Waals surface area (Å²) in [4.78, 5) is 15.5. The van der Waals surface area contributed by atoms with Crippen LogP contribution in [0.1, 0.15) is 15.9 Å². The lowest BCUT2D eigenvalue weighted by molar-refractivity contribution is 0.108. The van der Waals surface area contributed by atoms with E-state index in [2.05, 4.69) is 4.98 Å². The number of benzene rings is 1. The Hall–Kier alpha value is -2.33. The topological polar surface area (TPSA) is 44.1 Å². The Morgan fingerprint density at radius 1 is 1.29 bits per heavy atom. The highest BCUT2D eigenvalue weighted by Gasteiger charge is 2.07. The first-order chi connectivity index (χ1) is 10.2. The molecule has 0 aliphatic heterocycles. The largest absolute Gasteiger partial charge is 0.497 e. The smallest absolute Gasteiger partial charge is 0.253 e. The second-order valence-corrected chi connectivity index (χ2v) is 5.05. The van der Waals surface area contributed by atoms with Crippen LogP contribution in [0.2, 0.25) is 0 Å². The van der Waals surface area contributed by atoms with Crippen LogP contribution in [0.25, 0.3) is 11.0 Å². The standard InChI is InChI=1S/C16H13ClN2O2/c1-21-14-4-2-11(3-5-14)10-19-7-6-12-8-13(15(17)20)9-18-16(12)19/h2-9H,10H2,1H3. The van der Waals surface area contributed by atoms with Crippen molar-refractivity contribution >= 4 is 27.9 Å². The van der Waals surface area contributed by atoms with Gasteiger partial charge in [0.25, 0.3) is 5.24 Å². The van der Waals surface area contributed by atoms with Gasteiger partial charge in [-0.15, -0.1) is 0 Å². The SMILES string of the molecule is COc1ccc(Cn2ccc3cc(C(=O)Cl)cnc32)cc1. The molecule has 0 bridgehead atoms. The molecule has 2 heterocycles. The third kappa shape index (κ3) is 2.76. The highest BCUT2D eigenvalue weighted by Crippen LogP contribution is 2.18. The molecule has 2 aromatic heterocycles. The van der Waals surface area contributed by atoms with Gasteiger partial charge in [-0.3, -0.25) is 4.79 Å². The van der Waals surface area contributed by atoms with Gasteiger partial charge in [0.05, 0.1) is 12.7 Å². The molecule has 0 aliphatic carbocycles. The summed E-state index contributed by atoms with van der Waals surface area (Å²) in [6, 6.07) is 11.6. The summed E-state index contributed by atoms with van der Waals surface area (Å²) in [5.74, 6) is 0.833. The number of halogens is 1. The summed E-state index contributed by atoms with van der Waals surface area (Å²) in [6.07, 6.45) is 3.45. The first kappa shape index (κ1) is 13.6. The molecule has 0 unspecified atom stereocenters. The van der Waals surface area contributed by atoms with Crippen molar-refractivity contribution in [3.8, 4) is 5.75 Å². The molecule has 4 nitrogen and oxygen atoms in total. The third-order valence-electron chi connectivity index (χ3n) is 3.34. The number of methoxy groups -OCH3 is 1. The molecule has 0 fully saturated rings. The van der Waals surface area contributed by atoms with Gasteiger partial charge in [0.2, 0.25) is 0 Å². The molecule has 0 amide bonds. The van der Waals surface area contributed by atoms with Gasteiger partial charge in [0, 0.05) is 24.3 Å². The molecule has 1 aromatic carbocycles. The predicted octanol–water partition coefficient (Wildman–Crippen LogP) is 3.47. The zero-order valence-corrected chi connectivity index (χ0v) is 12.2. The second kappa shape index (κ2) is 5.58. The fourth-order valence-electron chi connectivity index (χ4n) is 2.24. The van der Waals surface area contributed by atoms with Crippen molar-refractivity contribution in [3.05, 3.63) is 59.9 Å². The molecule has 3 rings (SSSR count). The Labute approximate surface area is 126 Å². The van der Waals surface area contributed by atoms with Crippen LogP contribution in [0.4, 0.5) is 0 Å². The molecule has 0 N–H and O–H groups in total. The monoisotopic (exact) mass is 300 g/mol. The van der Waals surface area contributed by atoms with Crippen LogP contribution in [-0.2, 0) is 6.54 Å². The Morgan fingerprint density at radius 3 is 2.71 bits per heavy atom. The van der Waals surface area contributed by atoms with Crippen LogP contribution in [0, 0.1) is 0 Å². The lowest BCUT2D eigenvalue weighted by atomic mass is 10.2. The van der Waals surface area contributed by atoms with Gasteiger partial charge in [-0.25, -0.2) is 4.98 Å². The Balaban J connectivity index is 1.91. The summed E-state index contributed by atoms with van der Waals surface area (Å²) >= 11 is 5.47. The van der Waals surface area contributed by atoms with Crippen molar-refractivity contribution in [1.82, 2.24) is 9.55 Å². The normalized spacial score (nSPS) is 10.8. The number of pyridine rings is 1. The predicted molar refractivity (Wildman–Crippen MR) is 82.0 cm³/mol. The van der Waals surface area contributed by atoms with Crippen molar-refractivity contribution in [2.45, 2.75) is 6.54 Å². The molecule has 0 saturated heterocycles. The highest BCUT2D eigenvalue weighted by atomic mass is 35.5. The first-order valence-corrected chi connectivity index (χ1v) is 6.83. The van der Waals surface area contributed by atoms with E-state index >= 15 is 0 Å². The summed E-state index contributed by atoms with van der Waals surface area (Å²) in [5, 5.41) is 0.405. The minimum absolute atomic E-state index is 0.409. The van der Waals surface area contributed by atoms with Crippen LogP contribution < -0.4 is 4.74 Å². The van der Waals surface area contributed by atoms with E-state index in [0.717, 1.165) is 22.3 Å². The number of aromatic nitrogens is 2. The van der Waals surface area contributed by atoms with Crippen LogP contribution in [0.3, 0.4) is 0 Å². The van der Waals surface area contributed by atoms with E-state index < -0.39 is 5.24 Å². The number of carbonyl (C=O) groups is 1. The van der Waals surface area contributed by atoms with Gasteiger partial charge >= 0.3 is 0 Å². The van der Waals surface area contributed by atoms with Crippen LogP contribution >= 0.6 is 11.6 Å². The number of carbonyl (C=O) groups excluding carboxylic acids is 1. The van der Waals surface area contributed by atoms with E-state index in [0.29, 0.717) is 12.1 Å². The summed E-state index contributed by atoms with van der Waals surface area (Å²) in [6.45, 7) is 0.703. The summed E-state index contributed by atoms with van der Waals surface area (Å²) < 4.78 is 7.17. The third-order valence-corrected chi connectivity index (χ3v) is 3.56. The molecule has 5 heteroatoms. The maximum absolute atomic E-state index is 11.2. The van der Waals surface area contributed by atoms with Gasteiger partial charge in [0.15, 0.2) is 0 Å². The number of hydrogen-bond donors (Lipinski definition) is 0. The molecule has 3 aromatic rings. The maximum atomic E-state index is 11.2. The molecular formula is C16H13ClN2O2. The van der Waals surface area contributed by atoms with Crippen molar-refractivity contribution in [2.24, 2.45) is 0 Å². The minimum atomic E-state index is -0.493. The number of ether oxygens (including phenoxy) is 1. The van der Waals surface area contributed by atoms with Crippen molar-refractivity contribution in [3.63, 3.8) is 0 Å². The highest BCUT2D eigenvalue weighted by molar-refractivity contribution is 6.67. The zero-order valence-electron chi connectivity index (χ0n) is 11.4. The van der Waals surface area contributed by atoms with Gasteiger partial charge in [0.1, 0.15) is 11.4 Å². The second-order valence-electron chi connectivity index (χ2n) is 4.70. The van der Waals surface area contributed by atoms with E-state index in [-0.39, 0.29) is 0 Å². The Bertz CT molecular complexity index is 794. The summed E-state index contributed by atoms with van der Waals surface area (Å²) in [5.41, 5.74) is 2.38. The van der Waals surface area contributed by atoms with Crippen LogP contribution in [0.15, 0.2) is 48.8 Å². The van der Waals surface area contributed by atoms with Gasteiger partial charge < -0.3 is 9.30 Å². The van der Waals surface area contributed by atoms with Crippen LogP contribution in [-0.4, -0.2) is 21.9 Å². The van der Waals surface area contributed by atoms with E-state index in [4.69, 9.17) is 16.3 Å². The number of rotatable bonds is 4. The molecule has 0 radical (unpaired) electrons. The molecule has 106 valence electrons. The lowest BCUT2D eigenvalue weighted by Crippen LogP contribution is -2.00. The lowest BCUT2D eigenvalue weighted by Gasteiger charge is -2.06. The molecule has 0 saturated carbocycles. The zero-order chi connectivity index (χ0) is 14.8. The van der Waals surface area contributed by atoms with E-state index in [1.807, 2.05) is 41.1 Å². The Kier molecular flexibility index (Phi) is 3.62. The number of fused-ring (bicyclic) bond motifs is 1. The van der Waals surface area contributed by atoms with E-state index in [9.17, 15) is 4.79 Å². The molecular weight excluding hydrogens is 288 g/mol. The minimum Gasteiger partial charge on any atom is -0.497 e. The van der Waals surface area contributed by atoms with E-state index in [1.54, 1.807) is 13.2 Å². The molecule has 0 aliphatic rings. The van der Waals surface area contributed by atoms with Crippen LogP contribution in [0.5, 0.6) is 5.75 Å². The fourth-order valence-corrected chi connectivity index (χ4v) is 2.34. The molecule has 0 atom stereocenters. The van der Waals surface area contributed by atoms with Crippen molar-refractivity contribution in [2.75, 3.05) is 7.11 Å². The quantitative estimate of drug-likeness (QED) is 0.693. The van der Waals surface area contributed by atoms with E-state index in [1.165, 1.54) is 6.20 Å². The number of hydrogen-bond acceptors (Lipinski definition) is 3. The number of nitrogens with zero attached hydrogens (tertiary/aromatic N) is 2. The fraction of sp³-hybridized carbons (Fsp3) is 0.125. The summed E-state index contributed by atoms with van der Waals surface area (Å²) in [7, 11) is 1.65.